The first kappa shape index (κ1) is 25.4. The average molecular weight is 506 g/mol. The normalized spacial score (nSPS) is 13.3. The van der Waals surface area contributed by atoms with Crippen LogP contribution in [0, 0.1) is 6.92 Å². The zero-order valence-corrected chi connectivity index (χ0v) is 21.4. The third-order valence-corrected chi connectivity index (χ3v) is 7.72. The van der Waals surface area contributed by atoms with Gasteiger partial charge in [-0.2, -0.15) is 8.42 Å². The maximum atomic E-state index is 13.0. The summed E-state index contributed by atoms with van der Waals surface area (Å²) in [7, 11) is -4.30. The first-order valence-electron chi connectivity index (χ1n) is 11.9. The lowest BCUT2D eigenvalue weighted by atomic mass is 9.88. The molecule has 2 unspecified atom stereocenters. The molecule has 6 nitrogen and oxygen atoms in total. The molecule has 0 aliphatic carbocycles. The van der Waals surface area contributed by atoms with Gasteiger partial charge in [0.1, 0.15) is 4.90 Å². The summed E-state index contributed by atoms with van der Waals surface area (Å²) in [5, 5.41) is 22.3. The maximum Gasteiger partial charge on any atom is 0.357 e. The fraction of sp³-hybridized carbons (Fsp3) is 0.241. The summed E-state index contributed by atoms with van der Waals surface area (Å²) in [6.07, 6.45) is 0.780. The van der Waals surface area contributed by atoms with E-state index in [1.165, 1.54) is 12.1 Å². The van der Waals surface area contributed by atoms with Crippen LogP contribution in [0.1, 0.15) is 53.5 Å². The summed E-state index contributed by atoms with van der Waals surface area (Å²) in [4.78, 5) is -0.0704. The average Bonchev–Trinajstić information content (AvgIpc) is 3.09. The molecule has 2 atom stereocenters. The molecule has 36 heavy (non-hydrogen) atoms. The minimum atomic E-state index is -4.30. The highest BCUT2D eigenvalue weighted by molar-refractivity contribution is 7.87. The van der Waals surface area contributed by atoms with Crippen LogP contribution < -0.4 is 4.28 Å². The van der Waals surface area contributed by atoms with Crippen molar-refractivity contribution in [2.75, 3.05) is 0 Å². The number of aromatic nitrogens is 1. The van der Waals surface area contributed by atoms with Crippen LogP contribution in [-0.2, 0) is 23.0 Å². The van der Waals surface area contributed by atoms with Gasteiger partial charge in [0, 0.05) is 11.1 Å². The standard InChI is InChI=1S/C29H31NO5S/c1-20-14-16-25(17-15-20)36(33,34)35-30-28(31)26(18-21(2)23-10-6-4-7-11-23)27(29(30)32)19-22(3)24-12-8-5-9-13-24/h4-17,21-22,31-32H,18-19H2,1-3H3. The van der Waals surface area contributed by atoms with Crippen LogP contribution in [0.3, 0.4) is 0 Å². The fourth-order valence-electron chi connectivity index (χ4n) is 4.37. The van der Waals surface area contributed by atoms with Crippen LogP contribution in [0.25, 0.3) is 0 Å². The lowest BCUT2D eigenvalue weighted by Crippen LogP contribution is -2.20. The highest BCUT2D eigenvalue weighted by atomic mass is 32.2. The third kappa shape index (κ3) is 5.41. The topological polar surface area (TPSA) is 88.8 Å². The largest absolute Gasteiger partial charge is 0.492 e. The van der Waals surface area contributed by atoms with Crippen molar-refractivity contribution >= 4 is 10.1 Å². The Hall–Kier alpha value is -3.71. The first-order valence-corrected chi connectivity index (χ1v) is 13.3. The van der Waals surface area contributed by atoms with Crippen LogP contribution in [0.5, 0.6) is 11.8 Å². The van der Waals surface area contributed by atoms with Crippen molar-refractivity contribution in [2.45, 2.75) is 50.3 Å². The Morgan fingerprint density at radius 1 is 0.722 bits per heavy atom. The van der Waals surface area contributed by atoms with Gasteiger partial charge in [-0.3, -0.25) is 4.28 Å². The molecule has 7 heteroatoms. The van der Waals surface area contributed by atoms with Crippen molar-refractivity contribution in [2.24, 2.45) is 0 Å². The summed E-state index contributed by atoms with van der Waals surface area (Å²) in [5.41, 5.74) is 3.96. The second-order valence-corrected chi connectivity index (χ2v) is 10.8. The monoisotopic (exact) mass is 505 g/mol. The van der Waals surface area contributed by atoms with Crippen molar-refractivity contribution in [1.82, 2.24) is 4.73 Å². The van der Waals surface area contributed by atoms with Crippen molar-refractivity contribution in [3.63, 3.8) is 0 Å². The Balaban J connectivity index is 1.73. The lowest BCUT2D eigenvalue weighted by Gasteiger charge is -2.15. The van der Waals surface area contributed by atoms with Crippen LogP contribution in [-0.4, -0.2) is 23.4 Å². The van der Waals surface area contributed by atoms with E-state index in [0.717, 1.165) is 16.7 Å². The summed E-state index contributed by atoms with van der Waals surface area (Å²) in [5.74, 6) is -0.818. The predicted molar refractivity (Wildman–Crippen MR) is 140 cm³/mol. The summed E-state index contributed by atoms with van der Waals surface area (Å²) in [6.45, 7) is 5.90. The van der Waals surface area contributed by atoms with E-state index < -0.39 is 21.9 Å². The molecule has 2 N–H and O–H groups in total. The summed E-state index contributed by atoms with van der Waals surface area (Å²) < 4.78 is 31.8. The second kappa shape index (κ2) is 10.5. The maximum absolute atomic E-state index is 13.0. The van der Waals surface area contributed by atoms with E-state index in [9.17, 15) is 18.6 Å². The zero-order valence-electron chi connectivity index (χ0n) is 20.6. The quantitative estimate of drug-likeness (QED) is 0.304. The Morgan fingerprint density at radius 3 is 1.56 bits per heavy atom. The Morgan fingerprint density at radius 2 is 1.14 bits per heavy atom. The number of nitrogens with zero attached hydrogens (tertiary/aromatic N) is 1. The van der Waals surface area contributed by atoms with Crippen LogP contribution in [0.4, 0.5) is 0 Å². The van der Waals surface area contributed by atoms with Crippen molar-refractivity contribution in [3.8, 4) is 11.8 Å². The number of aromatic hydroxyl groups is 2. The van der Waals surface area contributed by atoms with E-state index in [0.29, 0.717) is 28.7 Å². The molecule has 0 aliphatic rings. The molecule has 1 heterocycles. The molecule has 0 radical (unpaired) electrons. The van der Waals surface area contributed by atoms with Gasteiger partial charge in [0.25, 0.3) is 0 Å². The van der Waals surface area contributed by atoms with Gasteiger partial charge in [-0.25, -0.2) is 0 Å². The van der Waals surface area contributed by atoms with Crippen molar-refractivity contribution < 1.29 is 22.9 Å². The molecule has 3 aromatic carbocycles. The first-order chi connectivity index (χ1) is 17.2. The summed E-state index contributed by atoms with van der Waals surface area (Å²) >= 11 is 0. The van der Waals surface area contributed by atoms with E-state index in [-0.39, 0.29) is 16.7 Å². The molecule has 188 valence electrons. The zero-order chi connectivity index (χ0) is 25.9. The van der Waals surface area contributed by atoms with Gasteiger partial charge in [0.2, 0.25) is 11.8 Å². The molecule has 1 aromatic heterocycles. The number of hydrogen-bond acceptors (Lipinski definition) is 5. The molecular weight excluding hydrogens is 474 g/mol. The number of benzene rings is 3. The van der Waals surface area contributed by atoms with E-state index in [4.69, 9.17) is 4.28 Å². The smallest absolute Gasteiger partial charge is 0.357 e. The van der Waals surface area contributed by atoms with Crippen molar-refractivity contribution in [1.29, 1.82) is 0 Å². The second-order valence-electron chi connectivity index (χ2n) is 9.27. The highest BCUT2D eigenvalue weighted by Gasteiger charge is 2.30. The Bertz CT molecular complexity index is 1340. The van der Waals surface area contributed by atoms with Gasteiger partial charge in [-0.1, -0.05) is 96.9 Å². The molecule has 0 fully saturated rings. The highest BCUT2D eigenvalue weighted by Crippen LogP contribution is 2.39. The lowest BCUT2D eigenvalue weighted by molar-refractivity contribution is 0.201. The molecule has 0 spiro atoms. The number of hydrogen-bond donors (Lipinski definition) is 2. The molecule has 0 amide bonds. The number of rotatable bonds is 9. The number of aryl methyl sites for hydroxylation is 1. The van der Waals surface area contributed by atoms with E-state index in [1.54, 1.807) is 12.1 Å². The van der Waals surface area contributed by atoms with Crippen LogP contribution >= 0.6 is 0 Å². The minimum absolute atomic E-state index is 0.00633. The predicted octanol–water partition coefficient (Wildman–Crippen LogP) is 5.72. The minimum Gasteiger partial charge on any atom is -0.492 e. The molecule has 0 bridgehead atoms. The molecular formula is C29H31NO5S. The van der Waals surface area contributed by atoms with Gasteiger partial charge in [0.15, 0.2) is 0 Å². The van der Waals surface area contributed by atoms with Crippen molar-refractivity contribution in [3.05, 3.63) is 113 Å². The van der Waals surface area contributed by atoms with Crippen LogP contribution in [0.2, 0.25) is 0 Å². The Labute approximate surface area is 212 Å². The summed E-state index contributed by atoms with van der Waals surface area (Å²) in [6, 6.07) is 25.9. The molecule has 0 aliphatic heterocycles. The van der Waals surface area contributed by atoms with E-state index >= 15 is 0 Å². The molecule has 0 saturated heterocycles. The molecule has 4 rings (SSSR count). The van der Waals surface area contributed by atoms with Crippen LogP contribution in [0.15, 0.2) is 89.8 Å². The van der Waals surface area contributed by atoms with E-state index in [2.05, 4.69) is 0 Å². The van der Waals surface area contributed by atoms with Gasteiger partial charge in [-0.05, 0) is 54.9 Å². The fourth-order valence-corrected chi connectivity index (χ4v) is 5.27. The van der Waals surface area contributed by atoms with Gasteiger partial charge in [-0.15, -0.1) is 0 Å². The molecule has 0 saturated carbocycles. The Kier molecular flexibility index (Phi) is 7.40. The van der Waals surface area contributed by atoms with E-state index in [1.807, 2.05) is 81.4 Å². The molecule has 4 aromatic rings. The van der Waals surface area contributed by atoms with Gasteiger partial charge < -0.3 is 10.2 Å². The van der Waals surface area contributed by atoms with Gasteiger partial charge >= 0.3 is 10.1 Å². The van der Waals surface area contributed by atoms with Gasteiger partial charge in [0.05, 0.1) is 0 Å². The third-order valence-electron chi connectivity index (χ3n) is 6.53. The SMILES string of the molecule is Cc1ccc(S(=O)(=O)On2c(O)c(CC(C)c3ccccc3)c(CC(C)c3ccccc3)c2O)cc1.